The van der Waals surface area contributed by atoms with Gasteiger partial charge < -0.3 is 4.90 Å². The van der Waals surface area contributed by atoms with Gasteiger partial charge in [-0.05, 0) is 39.0 Å². The fourth-order valence-electron chi connectivity index (χ4n) is 2.95. The van der Waals surface area contributed by atoms with E-state index in [1.165, 1.54) is 6.42 Å². The molecule has 2 fully saturated rings. The summed E-state index contributed by atoms with van der Waals surface area (Å²) in [6.45, 7) is 5.65. The zero-order valence-electron chi connectivity index (χ0n) is 11.3. The number of hydrogen-bond acceptors (Lipinski definition) is 3. The second-order valence-corrected chi connectivity index (χ2v) is 5.50. The first kappa shape index (κ1) is 13.4. The third-order valence-corrected chi connectivity index (χ3v) is 4.28. The van der Waals surface area contributed by atoms with Crippen LogP contribution in [-0.2, 0) is 4.79 Å². The highest BCUT2D eigenvalue weighted by Gasteiger charge is 2.29. The molecule has 4 nitrogen and oxygen atoms in total. The van der Waals surface area contributed by atoms with Gasteiger partial charge in [0.15, 0.2) is 0 Å². The molecule has 0 saturated carbocycles. The summed E-state index contributed by atoms with van der Waals surface area (Å²) in [5, 5.41) is 8.89. The van der Waals surface area contributed by atoms with Crippen LogP contribution >= 0.6 is 0 Å². The molecule has 0 aliphatic carbocycles. The number of piperidine rings is 2. The molecule has 0 bridgehead atoms. The quantitative estimate of drug-likeness (QED) is 0.747. The molecule has 1 amide bonds. The Labute approximate surface area is 110 Å². The Kier molecular flexibility index (Phi) is 4.60. The van der Waals surface area contributed by atoms with Crippen LogP contribution in [0.25, 0.3) is 0 Å². The van der Waals surface area contributed by atoms with Gasteiger partial charge in [-0.2, -0.15) is 5.26 Å². The highest BCUT2D eigenvalue weighted by Crippen LogP contribution is 2.20. The van der Waals surface area contributed by atoms with Crippen LogP contribution in [0.15, 0.2) is 0 Å². The molecule has 2 saturated heterocycles. The summed E-state index contributed by atoms with van der Waals surface area (Å²) < 4.78 is 0. The average Bonchev–Trinajstić information content (AvgIpc) is 2.47. The fourth-order valence-corrected chi connectivity index (χ4v) is 2.95. The second-order valence-electron chi connectivity index (χ2n) is 5.50. The van der Waals surface area contributed by atoms with Gasteiger partial charge in [0, 0.05) is 32.1 Å². The molecule has 0 aromatic carbocycles. The summed E-state index contributed by atoms with van der Waals surface area (Å²) in [5.74, 6) is 0.476. The molecule has 0 spiro atoms. The maximum atomic E-state index is 12.4. The number of likely N-dealkylation sites (tertiary alicyclic amines) is 2. The first-order chi connectivity index (χ1) is 8.72. The lowest BCUT2D eigenvalue weighted by Crippen LogP contribution is -2.50. The van der Waals surface area contributed by atoms with Crippen LogP contribution in [0.1, 0.15) is 39.0 Å². The van der Waals surface area contributed by atoms with Gasteiger partial charge in [0.1, 0.15) is 0 Å². The van der Waals surface area contributed by atoms with E-state index in [4.69, 9.17) is 5.26 Å². The molecule has 2 rings (SSSR count). The van der Waals surface area contributed by atoms with Crippen molar-refractivity contribution in [1.82, 2.24) is 9.80 Å². The third-order valence-electron chi connectivity index (χ3n) is 4.28. The van der Waals surface area contributed by atoms with Crippen LogP contribution in [0.2, 0.25) is 0 Å². The van der Waals surface area contributed by atoms with Gasteiger partial charge >= 0.3 is 0 Å². The van der Waals surface area contributed by atoms with E-state index in [2.05, 4.69) is 11.0 Å². The van der Waals surface area contributed by atoms with E-state index < -0.39 is 0 Å². The molecule has 1 atom stereocenters. The van der Waals surface area contributed by atoms with Crippen LogP contribution in [-0.4, -0.2) is 47.9 Å². The van der Waals surface area contributed by atoms with Crippen molar-refractivity contribution >= 4 is 5.91 Å². The normalized spacial score (nSPS) is 24.6. The SMILES string of the molecule is CC(C(=O)N1CCCCC1)N1CCC(C#N)CC1. The van der Waals surface area contributed by atoms with Crippen molar-refractivity contribution in [3.63, 3.8) is 0 Å². The van der Waals surface area contributed by atoms with E-state index in [1.807, 2.05) is 11.8 Å². The third kappa shape index (κ3) is 3.02. The minimum Gasteiger partial charge on any atom is -0.341 e. The number of nitriles is 1. The molecule has 2 aliphatic rings. The molecule has 0 aromatic heterocycles. The minimum absolute atomic E-state index is 0.0113. The predicted octanol–water partition coefficient (Wildman–Crippen LogP) is 1.62. The Balaban J connectivity index is 1.85. The minimum atomic E-state index is -0.0113. The molecule has 18 heavy (non-hydrogen) atoms. The van der Waals surface area contributed by atoms with E-state index >= 15 is 0 Å². The summed E-state index contributed by atoms with van der Waals surface area (Å²) in [4.78, 5) is 16.6. The lowest BCUT2D eigenvalue weighted by atomic mass is 9.97. The smallest absolute Gasteiger partial charge is 0.239 e. The monoisotopic (exact) mass is 249 g/mol. The van der Waals surface area contributed by atoms with Crippen LogP contribution < -0.4 is 0 Å². The van der Waals surface area contributed by atoms with Gasteiger partial charge in [-0.25, -0.2) is 0 Å². The van der Waals surface area contributed by atoms with Crippen molar-refractivity contribution in [1.29, 1.82) is 5.26 Å². The van der Waals surface area contributed by atoms with Crippen LogP contribution in [0.4, 0.5) is 0 Å². The van der Waals surface area contributed by atoms with Crippen molar-refractivity contribution in [3.8, 4) is 6.07 Å². The standard InChI is InChI=1S/C14H23N3O/c1-12(14(18)17-7-3-2-4-8-17)16-9-5-13(11-15)6-10-16/h12-13H,2-10H2,1H3. The van der Waals surface area contributed by atoms with Crippen LogP contribution in [0.5, 0.6) is 0 Å². The van der Waals surface area contributed by atoms with Crippen molar-refractivity contribution < 1.29 is 4.79 Å². The number of amides is 1. The van der Waals surface area contributed by atoms with E-state index in [0.717, 1.165) is 51.9 Å². The van der Waals surface area contributed by atoms with Gasteiger partial charge in [-0.1, -0.05) is 0 Å². The molecule has 1 unspecified atom stereocenters. The molecular weight excluding hydrogens is 226 g/mol. The zero-order chi connectivity index (χ0) is 13.0. The van der Waals surface area contributed by atoms with Gasteiger partial charge in [-0.3, -0.25) is 9.69 Å². The summed E-state index contributed by atoms with van der Waals surface area (Å²) in [5.41, 5.74) is 0. The molecule has 100 valence electrons. The maximum absolute atomic E-state index is 12.4. The van der Waals surface area contributed by atoms with Gasteiger partial charge in [0.2, 0.25) is 5.91 Å². The van der Waals surface area contributed by atoms with Crippen LogP contribution in [0, 0.1) is 17.2 Å². The van der Waals surface area contributed by atoms with Crippen molar-refractivity contribution in [2.24, 2.45) is 5.92 Å². The first-order valence-electron chi connectivity index (χ1n) is 7.15. The molecule has 0 aromatic rings. The van der Waals surface area contributed by atoms with Gasteiger partial charge in [0.05, 0.1) is 12.1 Å². The van der Waals surface area contributed by atoms with Gasteiger partial charge in [-0.15, -0.1) is 0 Å². The number of nitrogens with zero attached hydrogens (tertiary/aromatic N) is 3. The number of rotatable bonds is 2. The fraction of sp³-hybridized carbons (Fsp3) is 0.857. The highest BCUT2D eigenvalue weighted by molar-refractivity contribution is 5.81. The molecule has 2 aliphatic heterocycles. The van der Waals surface area contributed by atoms with Crippen molar-refractivity contribution in [3.05, 3.63) is 0 Å². The van der Waals surface area contributed by atoms with E-state index in [0.29, 0.717) is 0 Å². The zero-order valence-corrected chi connectivity index (χ0v) is 11.3. The summed E-state index contributed by atoms with van der Waals surface area (Å²) >= 11 is 0. The Hall–Kier alpha value is -1.08. The molecule has 2 heterocycles. The second kappa shape index (κ2) is 6.19. The summed E-state index contributed by atoms with van der Waals surface area (Å²) in [6, 6.07) is 2.32. The predicted molar refractivity (Wildman–Crippen MR) is 69.8 cm³/mol. The summed E-state index contributed by atoms with van der Waals surface area (Å²) in [7, 11) is 0. The van der Waals surface area contributed by atoms with E-state index in [-0.39, 0.29) is 17.9 Å². The Morgan fingerprint density at radius 3 is 2.33 bits per heavy atom. The molecule has 0 N–H and O–H groups in total. The van der Waals surface area contributed by atoms with E-state index in [9.17, 15) is 4.79 Å². The largest absolute Gasteiger partial charge is 0.341 e. The molecular formula is C14H23N3O. The first-order valence-corrected chi connectivity index (χ1v) is 7.15. The maximum Gasteiger partial charge on any atom is 0.239 e. The molecule has 4 heteroatoms. The topological polar surface area (TPSA) is 47.3 Å². The van der Waals surface area contributed by atoms with Crippen molar-refractivity contribution in [2.45, 2.75) is 45.1 Å². The average molecular weight is 249 g/mol. The Morgan fingerprint density at radius 2 is 1.78 bits per heavy atom. The lowest BCUT2D eigenvalue weighted by Gasteiger charge is -2.37. The lowest BCUT2D eigenvalue weighted by molar-refractivity contribution is -0.137. The summed E-state index contributed by atoms with van der Waals surface area (Å²) in [6.07, 6.45) is 5.37. The molecule has 0 radical (unpaired) electrons. The van der Waals surface area contributed by atoms with Crippen LogP contribution in [0.3, 0.4) is 0 Å². The number of hydrogen-bond donors (Lipinski definition) is 0. The number of carbonyl (C=O) groups is 1. The highest BCUT2D eigenvalue weighted by atomic mass is 16.2. The Bertz CT molecular complexity index is 322. The van der Waals surface area contributed by atoms with Gasteiger partial charge in [0.25, 0.3) is 0 Å². The van der Waals surface area contributed by atoms with Crippen molar-refractivity contribution in [2.75, 3.05) is 26.2 Å². The van der Waals surface area contributed by atoms with E-state index in [1.54, 1.807) is 0 Å². The number of carbonyl (C=O) groups excluding carboxylic acids is 1. The Morgan fingerprint density at radius 1 is 1.17 bits per heavy atom.